The monoisotopic (exact) mass is 523 g/mol. The van der Waals surface area contributed by atoms with Crippen molar-refractivity contribution in [3.63, 3.8) is 0 Å². The number of nitrogens with one attached hydrogen (secondary N) is 1. The first-order valence-electron chi connectivity index (χ1n) is 14.0. The van der Waals surface area contributed by atoms with Crippen molar-refractivity contribution >= 4 is 28.3 Å². The molecule has 2 aliphatic carbocycles. The highest BCUT2D eigenvalue weighted by molar-refractivity contribution is 7.15. The topological polar surface area (TPSA) is 71.5 Å². The van der Waals surface area contributed by atoms with Crippen molar-refractivity contribution in [2.45, 2.75) is 83.7 Å². The van der Waals surface area contributed by atoms with Crippen LogP contribution in [-0.2, 0) is 16.0 Å². The van der Waals surface area contributed by atoms with E-state index in [2.05, 4.69) is 36.3 Å². The maximum absolute atomic E-state index is 13.4. The van der Waals surface area contributed by atoms with Gasteiger partial charge in [0.15, 0.2) is 5.13 Å². The Kier molecular flexibility index (Phi) is 7.73. The minimum absolute atomic E-state index is 0.0121. The number of thiazole rings is 1. The van der Waals surface area contributed by atoms with Gasteiger partial charge < -0.3 is 15.0 Å². The standard InChI is InChI=1S/C30H41N3O3S/c1-5-20(6-11-27(34)32-29-31-17-19(2)37-29)18-33(4)28(35)22-8-9-23-21(16-22)7-10-25-24(23)12-14-30(3)26(25)13-15-36-30/h8-9,16-17,20,24-26H,5-7,10-15,18H2,1-4H3,(H,31,32,34)/t20?,24-,25-,26+,30+/m1/s1. The Balaban J connectivity index is 1.18. The van der Waals surface area contributed by atoms with E-state index in [1.54, 1.807) is 6.20 Å². The Morgan fingerprint density at radius 2 is 2.14 bits per heavy atom. The average molecular weight is 524 g/mol. The van der Waals surface area contributed by atoms with Gasteiger partial charge in [-0.15, -0.1) is 11.3 Å². The summed E-state index contributed by atoms with van der Waals surface area (Å²) in [7, 11) is 1.89. The maximum Gasteiger partial charge on any atom is 0.253 e. The highest BCUT2D eigenvalue weighted by atomic mass is 32.1. The molecular formula is C30H41N3O3S. The quantitative estimate of drug-likeness (QED) is 0.447. The zero-order valence-electron chi connectivity index (χ0n) is 22.7. The molecule has 7 heteroatoms. The molecular weight excluding hydrogens is 482 g/mol. The van der Waals surface area contributed by atoms with Crippen LogP contribution in [0, 0.1) is 24.7 Å². The SMILES string of the molecule is CCC(CCC(=O)Nc1ncc(C)s1)CN(C)C(=O)c1ccc2c(c1)CC[C@@H]1[C@@H]2CC[C@]2(C)OCC[C@@H]12. The third kappa shape index (κ3) is 5.49. The summed E-state index contributed by atoms with van der Waals surface area (Å²) in [5.41, 5.74) is 3.70. The van der Waals surface area contributed by atoms with E-state index in [1.165, 1.54) is 41.7 Å². The lowest BCUT2D eigenvalue weighted by molar-refractivity contribution is -0.116. The van der Waals surface area contributed by atoms with Gasteiger partial charge in [-0.1, -0.05) is 19.4 Å². The van der Waals surface area contributed by atoms with Crippen LogP contribution < -0.4 is 5.32 Å². The second kappa shape index (κ2) is 10.9. The third-order valence-corrected chi connectivity index (χ3v) is 10.1. The lowest BCUT2D eigenvalue weighted by Crippen LogP contribution is -2.44. The molecule has 1 aliphatic heterocycles. The molecule has 5 rings (SSSR count). The Hall–Kier alpha value is -2.25. The first-order valence-corrected chi connectivity index (χ1v) is 14.8. The molecule has 2 fully saturated rings. The fourth-order valence-corrected chi connectivity index (χ4v) is 7.85. The summed E-state index contributed by atoms with van der Waals surface area (Å²) in [6.45, 7) is 7.99. The van der Waals surface area contributed by atoms with Gasteiger partial charge in [0, 0.05) is 43.3 Å². The summed E-state index contributed by atoms with van der Waals surface area (Å²) in [5, 5.41) is 3.54. The summed E-state index contributed by atoms with van der Waals surface area (Å²) in [6.07, 6.45) is 9.66. The normalized spacial score (nSPS) is 27.1. The number of amides is 2. The summed E-state index contributed by atoms with van der Waals surface area (Å²) in [6, 6.07) is 6.45. The van der Waals surface area contributed by atoms with Crippen LogP contribution in [0.5, 0.6) is 0 Å². The zero-order valence-corrected chi connectivity index (χ0v) is 23.5. The predicted octanol–water partition coefficient (Wildman–Crippen LogP) is 6.20. The smallest absolute Gasteiger partial charge is 0.253 e. The van der Waals surface area contributed by atoms with E-state index in [0.29, 0.717) is 35.9 Å². The minimum atomic E-state index is -0.0121. The molecule has 2 aromatic rings. The zero-order chi connectivity index (χ0) is 26.2. The van der Waals surface area contributed by atoms with E-state index in [9.17, 15) is 9.59 Å². The highest BCUT2D eigenvalue weighted by Gasteiger charge is 2.51. The number of nitrogens with zero attached hydrogens (tertiary/aromatic N) is 2. The van der Waals surface area contributed by atoms with Crippen molar-refractivity contribution in [3.8, 4) is 0 Å². The van der Waals surface area contributed by atoms with Crippen LogP contribution >= 0.6 is 11.3 Å². The molecule has 1 aromatic carbocycles. The van der Waals surface area contributed by atoms with Gasteiger partial charge in [-0.2, -0.15) is 0 Å². The van der Waals surface area contributed by atoms with Gasteiger partial charge in [-0.25, -0.2) is 4.98 Å². The van der Waals surface area contributed by atoms with Crippen LogP contribution in [0.15, 0.2) is 24.4 Å². The molecule has 200 valence electrons. The number of hydrogen-bond donors (Lipinski definition) is 1. The number of aryl methyl sites for hydroxylation is 2. The van der Waals surface area contributed by atoms with Crippen LogP contribution in [0.2, 0.25) is 0 Å². The van der Waals surface area contributed by atoms with Crippen LogP contribution in [0.4, 0.5) is 5.13 Å². The molecule has 1 aromatic heterocycles. The maximum atomic E-state index is 13.4. The predicted molar refractivity (Wildman–Crippen MR) is 148 cm³/mol. The molecule has 0 radical (unpaired) electrons. The Labute approximate surface area is 225 Å². The van der Waals surface area contributed by atoms with Crippen molar-refractivity contribution in [1.82, 2.24) is 9.88 Å². The van der Waals surface area contributed by atoms with Crippen LogP contribution in [0.25, 0.3) is 0 Å². The summed E-state index contributed by atoms with van der Waals surface area (Å²) >= 11 is 1.49. The molecule has 1 N–H and O–H groups in total. The number of rotatable bonds is 8. The summed E-state index contributed by atoms with van der Waals surface area (Å²) in [4.78, 5) is 32.9. The summed E-state index contributed by atoms with van der Waals surface area (Å²) in [5.74, 6) is 2.33. The molecule has 3 aliphatic rings. The van der Waals surface area contributed by atoms with Crippen molar-refractivity contribution < 1.29 is 14.3 Å². The van der Waals surface area contributed by atoms with Gasteiger partial charge in [0.2, 0.25) is 5.91 Å². The molecule has 5 atom stereocenters. The number of hydrogen-bond acceptors (Lipinski definition) is 5. The molecule has 37 heavy (non-hydrogen) atoms. The first kappa shape index (κ1) is 26.4. The average Bonchev–Trinajstić information content (AvgIpc) is 3.49. The number of ether oxygens (including phenoxy) is 1. The molecule has 0 bridgehead atoms. The van der Waals surface area contributed by atoms with E-state index in [1.807, 2.05) is 24.9 Å². The van der Waals surface area contributed by atoms with Crippen LogP contribution in [-0.4, -0.2) is 47.5 Å². The first-order chi connectivity index (χ1) is 17.8. The molecule has 1 unspecified atom stereocenters. The molecule has 2 amide bonds. The summed E-state index contributed by atoms with van der Waals surface area (Å²) < 4.78 is 6.18. The lowest BCUT2D eigenvalue weighted by atomic mass is 9.59. The third-order valence-electron chi connectivity index (χ3n) is 9.27. The second-order valence-corrected chi connectivity index (χ2v) is 12.9. The number of carbonyl (C=O) groups is 2. The molecule has 1 saturated heterocycles. The number of carbonyl (C=O) groups excluding carboxylic acids is 2. The Morgan fingerprint density at radius 3 is 2.89 bits per heavy atom. The number of benzene rings is 1. The van der Waals surface area contributed by atoms with Gasteiger partial charge in [-0.3, -0.25) is 9.59 Å². The van der Waals surface area contributed by atoms with E-state index in [-0.39, 0.29) is 23.3 Å². The van der Waals surface area contributed by atoms with Crippen molar-refractivity contribution in [2.75, 3.05) is 25.5 Å². The Morgan fingerprint density at radius 1 is 1.30 bits per heavy atom. The fourth-order valence-electron chi connectivity index (χ4n) is 7.16. The Bertz CT molecular complexity index is 1150. The van der Waals surface area contributed by atoms with Crippen LogP contribution in [0.1, 0.15) is 91.1 Å². The van der Waals surface area contributed by atoms with Gasteiger partial charge in [0.05, 0.1) is 5.60 Å². The van der Waals surface area contributed by atoms with Gasteiger partial charge in [0.25, 0.3) is 5.91 Å². The van der Waals surface area contributed by atoms with Crippen molar-refractivity contribution in [1.29, 1.82) is 0 Å². The largest absolute Gasteiger partial charge is 0.375 e. The second-order valence-electron chi connectivity index (χ2n) is 11.6. The molecule has 2 heterocycles. The van der Waals surface area contributed by atoms with E-state index in [0.717, 1.165) is 42.7 Å². The lowest BCUT2D eigenvalue weighted by Gasteiger charge is -2.48. The molecule has 1 saturated carbocycles. The number of fused-ring (bicyclic) bond motifs is 5. The fraction of sp³-hybridized carbons (Fsp3) is 0.633. The van der Waals surface area contributed by atoms with Gasteiger partial charge >= 0.3 is 0 Å². The number of anilines is 1. The van der Waals surface area contributed by atoms with E-state index in [4.69, 9.17) is 4.74 Å². The molecule has 0 spiro atoms. The minimum Gasteiger partial charge on any atom is -0.375 e. The van der Waals surface area contributed by atoms with Gasteiger partial charge in [0.1, 0.15) is 0 Å². The van der Waals surface area contributed by atoms with Crippen LogP contribution in [0.3, 0.4) is 0 Å². The van der Waals surface area contributed by atoms with E-state index < -0.39 is 0 Å². The molecule has 6 nitrogen and oxygen atoms in total. The van der Waals surface area contributed by atoms with E-state index >= 15 is 0 Å². The van der Waals surface area contributed by atoms with Crippen molar-refractivity contribution in [2.24, 2.45) is 17.8 Å². The highest BCUT2D eigenvalue weighted by Crippen LogP contribution is 2.55. The van der Waals surface area contributed by atoms with Gasteiger partial charge in [-0.05, 0) is 99.3 Å². The van der Waals surface area contributed by atoms with Crippen molar-refractivity contribution in [3.05, 3.63) is 46.0 Å². The number of aromatic nitrogens is 1.